The van der Waals surface area contributed by atoms with Gasteiger partial charge >= 0.3 is 0 Å². The highest BCUT2D eigenvalue weighted by Gasteiger charge is 2.38. The summed E-state index contributed by atoms with van der Waals surface area (Å²) >= 11 is 0. The Labute approximate surface area is 266 Å². The number of carbonyl (C=O) groups is 3. The summed E-state index contributed by atoms with van der Waals surface area (Å²) in [6.45, 7) is 4.51. The van der Waals surface area contributed by atoms with E-state index < -0.39 is 23.9 Å². The van der Waals surface area contributed by atoms with Crippen molar-refractivity contribution < 1.29 is 28.2 Å². The highest BCUT2D eigenvalue weighted by atomic mass is 19.1. The number of hydrogen-bond donors (Lipinski definition) is 2. The highest BCUT2D eigenvalue weighted by molar-refractivity contribution is 5.96. The summed E-state index contributed by atoms with van der Waals surface area (Å²) in [6, 6.07) is 18.0. The monoisotopic (exact) mass is 625 g/mol. The second kappa shape index (κ2) is 13.0. The topological polar surface area (TPSA) is 115 Å². The van der Waals surface area contributed by atoms with Gasteiger partial charge in [-0.2, -0.15) is 5.10 Å². The van der Waals surface area contributed by atoms with Crippen LogP contribution in [0.3, 0.4) is 0 Å². The van der Waals surface area contributed by atoms with Crippen molar-refractivity contribution in [1.29, 1.82) is 0 Å². The van der Waals surface area contributed by atoms with Gasteiger partial charge in [-0.3, -0.25) is 19.1 Å². The molecule has 6 bridgehead atoms. The molecule has 2 N–H and O–H groups in total. The molecule has 1 fully saturated rings. The average molecular weight is 626 g/mol. The van der Waals surface area contributed by atoms with Crippen molar-refractivity contribution >= 4 is 17.7 Å². The van der Waals surface area contributed by atoms with Gasteiger partial charge in [-0.1, -0.05) is 30.3 Å². The van der Waals surface area contributed by atoms with E-state index in [1.807, 2.05) is 43.8 Å². The molecule has 0 saturated carbocycles. The van der Waals surface area contributed by atoms with Crippen LogP contribution in [0.1, 0.15) is 39.3 Å². The van der Waals surface area contributed by atoms with Crippen LogP contribution in [0.25, 0.3) is 11.1 Å². The Hall–Kier alpha value is -5.19. The standard InChI is InChI=1S/C35H36FN5O5/c1-21-28(22(2)40(3)39-21)12-14-34(43)41-18-31-32(19-41)46-26-10-7-23(8-11-26)17-37-33(42)20-45-27-6-4-5-24(15-27)25-9-13-30(36)29(16-25)35(44)38-31/h4-11,13,15-16,31-32H,12,14,17-20H2,1-3H3,(H,37,42)(H,38,44)/t31-,32-/m0/s1. The van der Waals surface area contributed by atoms with Gasteiger partial charge in [-0.15, -0.1) is 0 Å². The predicted octanol–water partition coefficient (Wildman–Crippen LogP) is 3.87. The zero-order chi connectivity index (χ0) is 32.4. The van der Waals surface area contributed by atoms with Crippen molar-refractivity contribution in [2.24, 2.45) is 7.05 Å². The fourth-order valence-corrected chi connectivity index (χ4v) is 5.96. The van der Waals surface area contributed by atoms with E-state index in [9.17, 15) is 14.4 Å². The minimum Gasteiger partial charge on any atom is -0.486 e. The zero-order valence-electron chi connectivity index (χ0n) is 26.0. The smallest absolute Gasteiger partial charge is 0.258 e. The van der Waals surface area contributed by atoms with Crippen LogP contribution in [-0.4, -0.2) is 64.2 Å². The molecule has 4 heterocycles. The molecule has 0 spiro atoms. The van der Waals surface area contributed by atoms with Crippen LogP contribution in [-0.2, 0) is 29.6 Å². The third-order valence-electron chi connectivity index (χ3n) is 8.63. The quantitative estimate of drug-likeness (QED) is 0.357. The van der Waals surface area contributed by atoms with Crippen LogP contribution < -0.4 is 20.1 Å². The maximum atomic E-state index is 15.1. The molecule has 4 aromatic rings. The van der Waals surface area contributed by atoms with E-state index in [-0.39, 0.29) is 43.5 Å². The van der Waals surface area contributed by atoms with Crippen LogP contribution in [0.15, 0.2) is 66.7 Å². The molecule has 7 rings (SSSR count). The number of benzene rings is 3. The maximum Gasteiger partial charge on any atom is 0.258 e. The molecule has 2 atom stereocenters. The molecule has 3 aliphatic rings. The fraction of sp³-hybridized carbons (Fsp3) is 0.314. The number of nitrogens with one attached hydrogen (secondary N) is 2. The first-order chi connectivity index (χ1) is 22.1. The lowest BCUT2D eigenvalue weighted by Gasteiger charge is -2.21. The minimum absolute atomic E-state index is 0.0695. The lowest BCUT2D eigenvalue weighted by molar-refractivity contribution is -0.130. The molecule has 10 nitrogen and oxygen atoms in total. The second-order valence-corrected chi connectivity index (χ2v) is 11.7. The van der Waals surface area contributed by atoms with E-state index in [0.29, 0.717) is 35.6 Å². The Balaban J connectivity index is 1.27. The number of aromatic nitrogens is 2. The number of halogens is 1. The van der Waals surface area contributed by atoms with Crippen molar-refractivity contribution in [2.45, 2.75) is 45.4 Å². The number of amides is 3. The first-order valence-electron chi connectivity index (χ1n) is 15.3. The van der Waals surface area contributed by atoms with E-state index in [2.05, 4.69) is 15.7 Å². The lowest BCUT2D eigenvalue weighted by atomic mass is 10.0. The summed E-state index contributed by atoms with van der Waals surface area (Å²) in [6.07, 6.45) is 0.248. The van der Waals surface area contributed by atoms with E-state index in [0.717, 1.165) is 22.5 Å². The summed E-state index contributed by atoms with van der Waals surface area (Å²) < 4.78 is 28.9. The Morgan fingerprint density at radius 2 is 1.78 bits per heavy atom. The number of rotatable bonds is 3. The molecule has 3 amide bonds. The zero-order valence-corrected chi connectivity index (χ0v) is 26.0. The molecule has 1 aromatic heterocycles. The number of ether oxygens (including phenoxy) is 2. The van der Waals surface area contributed by atoms with Crippen LogP contribution in [0.5, 0.6) is 11.5 Å². The van der Waals surface area contributed by atoms with Crippen LogP contribution in [0.2, 0.25) is 0 Å². The molecule has 0 unspecified atom stereocenters. The number of nitrogens with zero attached hydrogens (tertiary/aromatic N) is 3. The molecule has 3 aromatic carbocycles. The van der Waals surface area contributed by atoms with Gasteiger partial charge in [0.05, 0.1) is 23.8 Å². The summed E-state index contributed by atoms with van der Waals surface area (Å²) in [5.41, 5.74) is 4.99. The van der Waals surface area contributed by atoms with Gasteiger partial charge < -0.3 is 25.0 Å². The minimum atomic E-state index is -0.673. The van der Waals surface area contributed by atoms with Crippen LogP contribution in [0.4, 0.5) is 4.39 Å². The van der Waals surface area contributed by atoms with Gasteiger partial charge in [0.15, 0.2) is 6.61 Å². The number of hydrogen-bond acceptors (Lipinski definition) is 6. The first kappa shape index (κ1) is 30.8. The van der Waals surface area contributed by atoms with Gasteiger partial charge in [-0.25, -0.2) is 4.39 Å². The van der Waals surface area contributed by atoms with Gasteiger partial charge in [0.25, 0.3) is 11.8 Å². The van der Waals surface area contributed by atoms with Gasteiger partial charge in [-0.05, 0) is 78.9 Å². The van der Waals surface area contributed by atoms with Crippen molar-refractivity contribution in [3.05, 3.63) is 101 Å². The number of carbonyl (C=O) groups excluding carboxylic acids is 3. The molecule has 46 heavy (non-hydrogen) atoms. The summed E-state index contributed by atoms with van der Waals surface area (Å²) in [5.74, 6) is -0.629. The van der Waals surface area contributed by atoms with Crippen molar-refractivity contribution in [3.63, 3.8) is 0 Å². The van der Waals surface area contributed by atoms with Crippen molar-refractivity contribution in [3.8, 4) is 22.6 Å². The molecule has 3 aliphatic heterocycles. The Morgan fingerprint density at radius 1 is 1.00 bits per heavy atom. The third kappa shape index (κ3) is 6.73. The number of fused-ring (bicyclic) bond motifs is 7. The first-order valence-corrected chi connectivity index (χ1v) is 15.3. The molecular weight excluding hydrogens is 589 g/mol. The summed E-state index contributed by atoms with van der Waals surface area (Å²) in [7, 11) is 1.88. The van der Waals surface area contributed by atoms with E-state index in [4.69, 9.17) is 9.47 Å². The number of aryl methyl sites for hydroxylation is 2. The Kier molecular flexibility index (Phi) is 8.74. The fourth-order valence-electron chi connectivity index (χ4n) is 5.96. The SMILES string of the molecule is Cc1nn(C)c(C)c1CCC(=O)N1C[C@@H]2NC(=O)c3cc(ccc3F)-c3cccc(c3)OCC(=O)NCc3ccc(cc3)O[C@H]2C1. The lowest BCUT2D eigenvalue weighted by Crippen LogP contribution is -2.45. The second-order valence-electron chi connectivity index (χ2n) is 11.7. The highest BCUT2D eigenvalue weighted by Crippen LogP contribution is 2.27. The predicted molar refractivity (Wildman–Crippen MR) is 169 cm³/mol. The van der Waals surface area contributed by atoms with E-state index >= 15 is 4.39 Å². The van der Waals surface area contributed by atoms with E-state index in [1.165, 1.54) is 12.1 Å². The van der Waals surface area contributed by atoms with Crippen LogP contribution in [0, 0.1) is 19.7 Å². The third-order valence-corrected chi connectivity index (χ3v) is 8.63. The molecule has 238 valence electrons. The van der Waals surface area contributed by atoms with Crippen LogP contribution >= 0.6 is 0 Å². The number of likely N-dealkylation sites (tertiary alicyclic amines) is 1. The summed E-state index contributed by atoms with van der Waals surface area (Å²) in [4.78, 5) is 41.2. The molecule has 11 heteroatoms. The Morgan fingerprint density at radius 3 is 2.54 bits per heavy atom. The van der Waals surface area contributed by atoms with Crippen molar-refractivity contribution in [1.82, 2.24) is 25.3 Å². The maximum absolute atomic E-state index is 15.1. The van der Waals surface area contributed by atoms with Gasteiger partial charge in [0.2, 0.25) is 5.91 Å². The average Bonchev–Trinajstić information content (AvgIpc) is 3.55. The molecule has 0 aliphatic carbocycles. The Bertz CT molecular complexity index is 1790. The summed E-state index contributed by atoms with van der Waals surface area (Å²) in [5, 5.41) is 10.3. The van der Waals surface area contributed by atoms with Gasteiger partial charge in [0, 0.05) is 32.3 Å². The van der Waals surface area contributed by atoms with Crippen molar-refractivity contribution in [2.75, 3.05) is 19.7 Å². The largest absolute Gasteiger partial charge is 0.486 e. The molecule has 0 radical (unpaired) electrons. The molecular formula is C35H36FN5O5. The molecule has 1 saturated heterocycles. The normalized spacial score (nSPS) is 18.2. The van der Waals surface area contributed by atoms with Gasteiger partial charge in [0.1, 0.15) is 23.4 Å². The van der Waals surface area contributed by atoms with E-state index in [1.54, 1.807) is 41.3 Å².